The van der Waals surface area contributed by atoms with E-state index in [1.54, 1.807) is 19.1 Å². The summed E-state index contributed by atoms with van der Waals surface area (Å²) < 4.78 is 38.3. The molecule has 1 atom stereocenters. The number of nitrogens with one attached hydrogen (secondary N) is 1. The van der Waals surface area contributed by atoms with Gasteiger partial charge >= 0.3 is 0 Å². The summed E-state index contributed by atoms with van der Waals surface area (Å²) in [5.41, 5.74) is 4.42. The van der Waals surface area contributed by atoms with Crippen molar-refractivity contribution in [3.05, 3.63) is 57.5 Å². The van der Waals surface area contributed by atoms with Crippen LogP contribution in [0.3, 0.4) is 0 Å². The first-order valence-corrected chi connectivity index (χ1v) is 11.3. The third kappa shape index (κ3) is 3.87. The molecule has 0 saturated heterocycles. The fourth-order valence-corrected chi connectivity index (χ4v) is 5.34. The van der Waals surface area contributed by atoms with Crippen LogP contribution in [0, 0.1) is 13.8 Å². The molecule has 0 aliphatic carbocycles. The molecular weight excluding hydrogens is 416 g/mol. The number of hydrogen-bond acceptors (Lipinski definition) is 5. The molecule has 1 aliphatic heterocycles. The second-order valence-corrected chi connectivity index (χ2v) is 9.61. The van der Waals surface area contributed by atoms with E-state index in [2.05, 4.69) is 5.32 Å². The molecule has 0 radical (unpaired) electrons. The number of carbonyl (C=O) groups is 1. The topological polar surface area (TPSA) is 84.9 Å². The SMILES string of the molecule is COc1cc2c(cc1OC)N(C)S(=O)(=O)C(C(=O)N[C@@H](C)c1cc(C)ccc1C)=C2C. The van der Waals surface area contributed by atoms with Gasteiger partial charge in [-0.1, -0.05) is 23.8 Å². The standard InChI is InChI=1S/C23H28N2O5S/c1-13-8-9-14(2)17(10-13)16(4)24-23(26)22-15(3)18-11-20(29-6)21(30-7)12-19(18)25(5)31(22,27)28/h8-12,16H,1-7H3,(H,24,26)/t16-/m0/s1. The van der Waals surface area contributed by atoms with Crippen LogP contribution in [0.25, 0.3) is 5.57 Å². The van der Waals surface area contributed by atoms with Crippen LogP contribution in [0.15, 0.2) is 35.2 Å². The summed E-state index contributed by atoms with van der Waals surface area (Å²) in [6, 6.07) is 8.91. The number of amides is 1. The highest BCUT2D eigenvalue weighted by molar-refractivity contribution is 7.97. The molecule has 0 spiro atoms. The Balaban J connectivity index is 2.09. The monoisotopic (exact) mass is 444 g/mol. The fraction of sp³-hybridized carbons (Fsp3) is 0.348. The van der Waals surface area contributed by atoms with Crippen molar-refractivity contribution >= 4 is 27.2 Å². The smallest absolute Gasteiger partial charge is 0.269 e. The van der Waals surface area contributed by atoms with Gasteiger partial charge < -0.3 is 14.8 Å². The third-order valence-electron chi connectivity index (χ3n) is 5.66. The molecule has 0 aromatic heterocycles. The van der Waals surface area contributed by atoms with Gasteiger partial charge in [0.05, 0.1) is 25.9 Å². The van der Waals surface area contributed by atoms with Gasteiger partial charge in [-0.3, -0.25) is 9.10 Å². The second-order valence-electron chi connectivity index (χ2n) is 7.71. The average molecular weight is 445 g/mol. The van der Waals surface area contributed by atoms with Crippen molar-refractivity contribution in [1.29, 1.82) is 0 Å². The summed E-state index contributed by atoms with van der Waals surface area (Å²) >= 11 is 0. The lowest BCUT2D eigenvalue weighted by molar-refractivity contribution is -0.117. The van der Waals surface area contributed by atoms with Crippen LogP contribution < -0.4 is 19.1 Å². The lowest BCUT2D eigenvalue weighted by atomic mass is 9.99. The Labute approximate surface area is 183 Å². The Kier molecular flexibility index (Phi) is 6.04. The molecule has 1 N–H and O–H groups in total. The highest BCUT2D eigenvalue weighted by Gasteiger charge is 2.38. The van der Waals surface area contributed by atoms with E-state index in [-0.39, 0.29) is 10.9 Å². The van der Waals surface area contributed by atoms with Crippen molar-refractivity contribution in [2.24, 2.45) is 0 Å². The number of hydrogen-bond donors (Lipinski definition) is 1. The molecule has 166 valence electrons. The Morgan fingerprint density at radius 2 is 1.65 bits per heavy atom. The lowest BCUT2D eigenvalue weighted by Gasteiger charge is -2.31. The molecule has 3 rings (SSSR count). The van der Waals surface area contributed by atoms with Gasteiger partial charge in [0.1, 0.15) is 0 Å². The molecule has 7 nitrogen and oxygen atoms in total. The number of aryl methyl sites for hydroxylation is 2. The highest BCUT2D eigenvalue weighted by Crippen LogP contribution is 2.44. The second kappa shape index (κ2) is 8.26. The van der Waals surface area contributed by atoms with Crippen LogP contribution in [-0.4, -0.2) is 35.6 Å². The van der Waals surface area contributed by atoms with Crippen molar-refractivity contribution in [3.8, 4) is 11.5 Å². The highest BCUT2D eigenvalue weighted by atomic mass is 32.2. The van der Waals surface area contributed by atoms with Gasteiger partial charge in [-0.2, -0.15) is 0 Å². The number of nitrogens with zero attached hydrogens (tertiary/aromatic N) is 1. The molecular formula is C23H28N2O5S. The first kappa shape index (κ1) is 22.7. The number of ether oxygens (including phenoxy) is 2. The number of sulfonamides is 1. The van der Waals surface area contributed by atoms with Crippen LogP contribution in [0.2, 0.25) is 0 Å². The van der Waals surface area contributed by atoms with E-state index < -0.39 is 15.9 Å². The van der Waals surface area contributed by atoms with E-state index in [0.29, 0.717) is 28.3 Å². The van der Waals surface area contributed by atoms with E-state index in [1.165, 1.54) is 21.3 Å². The summed E-state index contributed by atoms with van der Waals surface area (Å²) in [6.45, 7) is 7.41. The van der Waals surface area contributed by atoms with Crippen molar-refractivity contribution < 1.29 is 22.7 Å². The van der Waals surface area contributed by atoms with Crippen LogP contribution in [0.5, 0.6) is 11.5 Å². The van der Waals surface area contributed by atoms with Gasteiger partial charge in [-0.25, -0.2) is 8.42 Å². The molecule has 0 saturated carbocycles. The molecule has 0 unspecified atom stereocenters. The number of fused-ring (bicyclic) bond motifs is 1. The van der Waals surface area contributed by atoms with E-state index in [9.17, 15) is 13.2 Å². The maximum atomic E-state index is 13.3. The molecule has 0 fully saturated rings. The fourth-order valence-electron chi connectivity index (χ4n) is 3.87. The van der Waals surface area contributed by atoms with Crippen LogP contribution >= 0.6 is 0 Å². The first-order valence-electron chi connectivity index (χ1n) is 9.87. The number of methoxy groups -OCH3 is 2. The molecule has 1 aliphatic rings. The van der Waals surface area contributed by atoms with Gasteiger partial charge in [0.15, 0.2) is 16.4 Å². The Hall–Kier alpha value is -3.00. The summed E-state index contributed by atoms with van der Waals surface area (Å²) in [7, 11) is 0.364. The van der Waals surface area contributed by atoms with Crippen molar-refractivity contribution in [3.63, 3.8) is 0 Å². The van der Waals surface area contributed by atoms with E-state index >= 15 is 0 Å². The molecule has 0 bridgehead atoms. The maximum Gasteiger partial charge on any atom is 0.269 e. The summed E-state index contributed by atoms with van der Waals surface area (Å²) in [5.74, 6) is 0.225. The first-order chi connectivity index (χ1) is 14.5. The average Bonchev–Trinajstić information content (AvgIpc) is 2.72. The van der Waals surface area contributed by atoms with Gasteiger partial charge in [0.2, 0.25) is 0 Å². The van der Waals surface area contributed by atoms with Crippen LogP contribution in [0.4, 0.5) is 5.69 Å². The zero-order valence-corrected chi connectivity index (χ0v) is 19.7. The Bertz CT molecular complexity index is 1180. The van der Waals surface area contributed by atoms with Crippen LogP contribution in [0.1, 0.15) is 42.1 Å². The maximum absolute atomic E-state index is 13.3. The number of benzene rings is 2. The predicted octanol–water partition coefficient (Wildman–Crippen LogP) is 3.71. The summed E-state index contributed by atoms with van der Waals surface area (Å²) in [4.78, 5) is 12.9. The molecule has 1 amide bonds. The molecule has 31 heavy (non-hydrogen) atoms. The van der Waals surface area contributed by atoms with Gasteiger partial charge in [-0.15, -0.1) is 0 Å². The Morgan fingerprint density at radius 3 is 2.26 bits per heavy atom. The molecule has 2 aromatic rings. The van der Waals surface area contributed by atoms with E-state index in [4.69, 9.17) is 9.47 Å². The predicted molar refractivity (Wildman–Crippen MR) is 122 cm³/mol. The number of anilines is 1. The van der Waals surface area contributed by atoms with Crippen molar-refractivity contribution in [2.45, 2.75) is 33.7 Å². The molecule has 2 aromatic carbocycles. The number of carbonyl (C=O) groups excluding carboxylic acids is 1. The molecule has 1 heterocycles. The van der Waals surface area contributed by atoms with Crippen molar-refractivity contribution in [2.75, 3.05) is 25.6 Å². The van der Waals surface area contributed by atoms with Gasteiger partial charge in [0.25, 0.3) is 15.9 Å². The zero-order chi connectivity index (χ0) is 23.1. The van der Waals surface area contributed by atoms with Crippen molar-refractivity contribution in [1.82, 2.24) is 5.32 Å². The van der Waals surface area contributed by atoms with E-state index in [0.717, 1.165) is 21.0 Å². The summed E-state index contributed by atoms with van der Waals surface area (Å²) in [6.07, 6.45) is 0. The normalized spacial score (nSPS) is 15.9. The Morgan fingerprint density at radius 1 is 1.03 bits per heavy atom. The molecule has 8 heteroatoms. The van der Waals surface area contributed by atoms with E-state index in [1.807, 2.05) is 39.0 Å². The number of allylic oxidation sites excluding steroid dienone is 1. The van der Waals surface area contributed by atoms with Gasteiger partial charge in [0, 0.05) is 18.7 Å². The van der Waals surface area contributed by atoms with Gasteiger partial charge in [-0.05, 0) is 50.5 Å². The quantitative estimate of drug-likeness (QED) is 0.760. The van der Waals surface area contributed by atoms with Crippen LogP contribution in [-0.2, 0) is 14.8 Å². The largest absolute Gasteiger partial charge is 0.493 e. The lowest BCUT2D eigenvalue weighted by Crippen LogP contribution is -2.39. The minimum atomic E-state index is -4.05. The third-order valence-corrected chi connectivity index (χ3v) is 7.58. The summed E-state index contributed by atoms with van der Waals surface area (Å²) in [5, 5.41) is 2.86. The zero-order valence-electron chi connectivity index (χ0n) is 18.9. The number of rotatable bonds is 5. The minimum absolute atomic E-state index is 0.271. The minimum Gasteiger partial charge on any atom is -0.493 e.